The van der Waals surface area contributed by atoms with E-state index >= 15 is 4.39 Å². The number of nitrogens with zero attached hydrogens (tertiary/aromatic N) is 6. The van der Waals surface area contributed by atoms with Gasteiger partial charge in [0.1, 0.15) is 17.6 Å². The quantitative estimate of drug-likeness (QED) is 0.367. The number of rotatable bonds is 5. The maximum atomic E-state index is 15.2. The van der Waals surface area contributed by atoms with Crippen molar-refractivity contribution in [1.82, 2.24) is 34.8 Å². The van der Waals surface area contributed by atoms with Gasteiger partial charge in [-0.25, -0.2) is 18.9 Å². The highest BCUT2D eigenvalue weighted by Gasteiger charge is 2.45. The Morgan fingerprint density at radius 2 is 1.98 bits per heavy atom. The van der Waals surface area contributed by atoms with E-state index in [-0.39, 0.29) is 17.5 Å². The highest BCUT2D eigenvalue weighted by molar-refractivity contribution is 5.98. The number of carbonyl (C=O) groups is 2. The van der Waals surface area contributed by atoms with Gasteiger partial charge >= 0.3 is 0 Å². The number of amides is 2. The fraction of sp³-hybridized carbons (Fsp3) is 0.267. The van der Waals surface area contributed by atoms with Crippen LogP contribution in [0.5, 0.6) is 0 Å². The molecule has 0 radical (unpaired) electrons. The van der Waals surface area contributed by atoms with Gasteiger partial charge in [-0.15, -0.1) is 0 Å². The number of piperidine rings is 1. The molecule has 2 aliphatic heterocycles. The van der Waals surface area contributed by atoms with Gasteiger partial charge in [0.15, 0.2) is 0 Å². The van der Waals surface area contributed by atoms with E-state index in [0.29, 0.717) is 42.3 Å². The number of benzene rings is 2. The molecule has 3 aromatic heterocycles. The average molecular weight is 536 g/mol. The van der Waals surface area contributed by atoms with Gasteiger partial charge in [-0.1, -0.05) is 25.1 Å². The van der Waals surface area contributed by atoms with Crippen molar-refractivity contribution in [2.75, 3.05) is 6.54 Å². The van der Waals surface area contributed by atoms with E-state index in [0.717, 1.165) is 28.6 Å². The van der Waals surface area contributed by atoms with Crippen molar-refractivity contribution in [3.05, 3.63) is 89.8 Å². The van der Waals surface area contributed by atoms with Crippen LogP contribution in [0.2, 0.25) is 0 Å². The molecule has 0 saturated carbocycles. The monoisotopic (exact) mass is 535 g/mol. The largest absolute Gasteiger partial charge is 0.340 e. The first-order chi connectivity index (χ1) is 19.4. The van der Waals surface area contributed by atoms with Crippen molar-refractivity contribution >= 4 is 28.5 Å². The summed E-state index contributed by atoms with van der Waals surface area (Å²) in [4.78, 5) is 40.6. The van der Waals surface area contributed by atoms with Crippen LogP contribution in [0.1, 0.15) is 41.4 Å². The molecule has 0 bridgehead atoms. The molecular weight excluding hydrogens is 509 g/mol. The number of nitrogens with one attached hydrogen (secondary N) is 1. The van der Waals surface area contributed by atoms with Crippen molar-refractivity contribution in [3.8, 4) is 11.3 Å². The molecule has 2 amide bonds. The van der Waals surface area contributed by atoms with E-state index in [1.165, 1.54) is 18.3 Å². The van der Waals surface area contributed by atoms with Gasteiger partial charge in [0.25, 0.3) is 11.7 Å². The molecule has 0 aliphatic carbocycles. The summed E-state index contributed by atoms with van der Waals surface area (Å²) in [7, 11) is 0. The van der Waals surface area contributed by atoms with Crippen molar-refractivity contribution in [2.45, 2.75) is 38.3 Å². The zero-order valence-corrected chi connectivity index (χ0v) is 21.8. The molecular formula is C30H26FN7O2. The molecule has 9 nitrogen and oxygen atoms in total. The highest BCUT2D eigenvalue weighted by atomic mass is 19.1. The fourth-order valence-corrected chi connectivity index (χ4v) is 5.83. The lowest BCUT2D eigenvalue weighted by Gasteiger charge is -2.50. The number of halogens is 1. The minimum atomic E-state index is -0.689. The molecule has 7 rings (SSSR count). The Hall–Kier alpha value is -4.73. The number of hydrogen-bond donors (Lipinski definition) is 1. The third-order valence-corrected chi connectivity index (χ3v) is 8.08. The standard InChI is InChI=1S/C30H26FN7O2/c1-17-11-25(29(40)37-10-8-27(17)37)35-28(39)22-6-5-20(14-23(22)31)26-16-34-30-33-15-21(38(30)36-26)13-18-4-7-24-19(12-18)3-2-9-32-24/h2-7,9,12,14-17,25,27H,8,10-11,13H2,1H3,(H,35,39)/t17?,25-,27?/m1/s1. The number of fused-ring (bicyclic) bond motifs is 3. The molecule has 2 fully saturated rings. The SMILES string of the molecule is CC1C[C@@H](NC(=O)c2ccc(-c3cnc4ncc(Cc5ccc6ncccc6c5)n4n3)cc2F)C(=O)N2CCC12. The summed E-state index contributed by atoms with van der Waals surface area (Å²) in [6.07, 6.45) is 7.17. The number of imidazole rings is 1. The molecule has 10 heteroatoms. The minimum absolute atomic E-state index is 0.0835. The van der Waals surface area contributed by atoms with Crippen molar-refractivity contribution in [3.63, 3.8) is 0 Å². The molecule has 200 valence electrons. The van der Waals surface area contributed by atoms with Crippen LogP contribution < -0.4 is 5.32 Å². The van der Waals surface area contributed by atoms with E-state index in [2.05, 4.69) is 38.4 Å². The number of hydrogen-bond acceptors (Lipinski definition) is 6. The maximum absolute atomic E-state index is 15.2. The predicted octanol–water partition coefficient (Wildman–Crippen LogP) is 3.81. The molecule has 2 aromatic carbocycles. The maximum Gasteiger partial charge on any atom is 0.254 e. The van der Waals surface area contributed by atoms with E-state index in [4.69, 9.17) is 0 Å². The minimum Gasteiger partial charge on any atom is -0.340 e. The van der Waals surface area contributed by atoms with Crippen molar-refractivity contribution in [1.29, 1.82) is 0 Å². The molecule has 0 spiro atoms. The van der Waals surface area contributed by atoms with Gasteiger partial charge in [-0.2, -0.15) is 5.10 Å². The molecule has 2 aliphatic rings. The first kappa shape index (κ1) is 24.3. The smallest absolute Gasteiger partial charge is 0.254 e. The Balaban J connectivity index is 1.12. The lowest BCUT2D eigenvalue weighted by Crippen LogP contribution is -2.64. The molecule has 5 aromatic rings. The first-order valence-electron chi connectivity index (χ1n) is 13.4. The zero-order valence-electron chi connectivity index (χ0n) is 21.8. The third-order valence-electron chi connectivity index (χ3n) is 8.08. The van der Waals surface area contributed by atoms with Gasteiger partial charge in [-0.3, -0.25) is 14.6 Å². The first-order valence-corrected chi connectivity index (χ1v) is 13.4. The molecule has 1 N–H and O–H groups in total. The van der Waals surface area contributed by atoms with Crippen molar-refractivity contribution < 1.29 is 14.0 Å². The van der Waals surface area contributed by atoms with Gasteiger partial charge in [-0.05, 0) is 54.7 Å². The van der Waals surface area contributed by atoms with Gasteiger partial charge in [0, 0.05) is 36.2 Å². The normalized spacial score (nSPS) is 20.4. The molecule has 40 heavy (non-hydrogen) atoms. The van der Waals surface area contributed by atoms with Crippen LogP contribution in [-0.4, -0.2) is 59.9 Å². The topological polar surface area (TPSA) is 105 Å². The third kappa shape index (κ3) is 4.16. The summed E-state index contributed by atoms with van der Waals surface area (Å²) in [5.74, 6) is -0.639. The second-order valence-electron chi connectivity index (χ2n) is 10.6. The molecule has 5 heterocycles. The lowest BCUT2D eigenvalue weighted by atomic mass is 9.80. The molecule has 2 unspecified atom stereocenters. The van der Waals surface area contributed by atoms with E-state index < -0.39 is 17.8 Å². The Labute approximate surface area is 229 Å². The summed E-state index contributed by atoms with van der Waals surface area (Å²) >= 11 is 0. The van der Waals surface area contributed by atoms with Crippen molar-refractivity contribution in [2.24, 2.45) is 5.92 Å². The van der Waals surface area contributed by atoms with Crippen LogP contribution in [0.4, 0.5) is 4.39 Å². The number of pyridine rings is 1. The van der Waals surface area contributed by atoms with Crippen LogP contribution >= 0.6 is 0 Å². The Kier molecular flexibility index (Phi) is 5.76. The number of carbonyl (C=O) groups excluding carboxylic acids is 2. The van der Waals surface area contributed by atoms with Crippen LogP contribution in [0.15, 0.2) is 67.1 Å². The van der Waals surface area contributed by atoms with Crippen LogP contribution in [0.25, 0.3) is 27.9 Å². The Morgan fingerprint density at radius 1 is 1.10 bits per heavy atom. The van der Waals surface area contributed by atoms with E-state index in [9.17, 15) is 9.59 Å². The second-order valence-corrected chi connectivity index (χ2v) is 10.6. The summed E-state index contributed by atoms with van der Waals surface area (Å²) < 4.78 is 16.8. The number of aromatic nitrogens is 5. The Morgan fingerprint density at radius 3 is 2.80 bits per heavy atom. The summed E-state index contributed by atoms with van der Waals surface area (Å²) in [6, 6.07) is 14.0. The lowest BCUT2D eigenvalue weighted by molar-refractivity contribution is -0.149. The fourth-order valence-electron chi connectivity index (χ4n) is 5.83. The summed E-state index contributed by atoms with van der Waals surface area (Å²) in [5, 5.41) is 8.47. The van der Waals surface area contributed by atoms with Gasteiger partial charge in [0.05, 0.1) is 29.2 Å². The average Bonchev–Trinajstić information content (AvgIpc) is 3.33. The molecule has 3 atom stereocenters. The van der Waals surface area contributed by atoms with E-state index in [1.807, 2.05) is 29.2 Å². The summed E-state index contributed by atoms with van der Waals surface area (Å²) in [5.41, 5.74) is 3.64. The Bertz CT molecular complexity index is 1800. The van der Waals surface area contributed by atoms with E-state index in [1.54, 1.807) is 23.0 Å². The van der Waals surface area contributed by atoms with Crippen LogP contribution in [-0.2, 0) is 11.2 Å². The predicted molar refractivity (Wildman–Crippen MR) is 146 cm³/mol. The highest BCUT2D eigenvalue weighted by Crippen LogP contribution is 2.33. The second kappa shape index (κ2) is 9.48. The summed E-state index contributed by atoms with van der Waals surface area (Å²) in [6.45, 7) is 2.80. The zero-order chi connectivity index (χ0) is 27.4. The van der Waals surface area contributed by atoms with Crippen LogP contribution in [0, 0.1) is 11.7 Å². The molecule has 2 saturated heterocycles. The van der Waals surface area contributed by atoms with Gasteiger partial charge < -0.3 is 10.2 Å². The van der Waals surface area contributed by atoms with Crippen LogP contribution in [0.3, 0.4) is 0 Å². The van der Waals surface area contributed by atoms with Gasteiger partial charge in [0.2, 0.25) is 5.91 Å².